The van der Waals surface area contributed by atoms with Gasteiger partial charge in [0.2, 0.25) is 5.91 Å². The zero-order valence-electron chi connectivity index (χ0n) is 15.0. The number of rotatable bonds is 5. The van der Waals surface area contributed by atoms with Gasteiger partial charge in [0.25, 0.3) is 0 Å². The number of carbonyl (C=O) groups is 1. The van der Waals surface area contributed by atoms with Crippen molar-refractivity contribution in [3.63, 3.8) is 0 Å². The van der Waals surface area contributed by atoms with E-state index < -0.39 is 0 Å². The van der Waals surface area contributed by atoms with Crippen molar-refractivity contribution < 1.29 is 4.79 Å². The Hall–Kier alpha value is -3.26. The van der Waals surface area contributed by atoms with Crippen LogP contribution in [0.25, 0.3) is 20.7 Å². The molecule has 0 fully saturated rings. The van der Waals surface area contributed by atoms with E-state index in [-0.39, 0.29) is 12.5 Å². The summed E-state index contributed by atoms with van der Waals surface area (Å²) >= 11 is 1.63. The van der Waals surface area contributed by atoms with Gasteiger partial charge in [-0.15, -0.1) is 11.3 Å². The number of anilines is 2. The van der Waals surface area contributed by atoms with Crippen molar-refractivity contribution in [1.82, 2.24) is 24.6 Å². The topological polar surface area (TPSA) is 75.9 Å². The fourth-order valence-electron chi connectivity index (χ4n) is 2.63. The smallest absolute Gasteiger partial charge is 0.243 e. The summed E-state index contributed by atoms with van der Waals surface area (Å²) in [5.41, 5.74) is 1.93. The minimum atomic E-state index is -0.0144. The molecule has 27 heavy (non-hydrogen) atoms. The Morgan fingerprint density at radius 2 is 2.04 bits per heavy atom. The fourth-order valence-corrected chi connectivity index (χ4v) is 3.64. The molecule has 0 unspecified atom stereocenters. The van der Waals surface area contributed by atoms with Crippen LogP contribution >= 0.6 is 11.3 Å². The Balaban J connectivity index is 1.60. The molecule has 0 bridgehead atoms. The maximum Gasteiger partial charge on any atom is 0.243 e. The van der Waals surface area contributed by atoms with Crippen LogP contribution in [-0.4, -0.2) is 44.7 Å². The van der Waals surface area contributed by atoms with E-state index in [1.807, 2.05) is 18.2 Å². The summed E-state index contributed by atoms with van der Waals surface area (Å²) in [6, 6.07) is 12.3. The SMILES string of the molecule is CN(C)C(=O)Cn1cc(Nc2ncnc3sc(-c4ccccc4)cc23)cn1. The Morgan fingerprint density at radius 1 is 1.22 bits per heavy atom. The number of likely N-dealkylation sites (N-methyl/N-ethyl adjacent to an activating group) is 1. The third kappa shape index (κ3) is 3.65. The highest BCUT2D eigenvalue weighted by Gasteiger charge is 2.12. The van der Waals surface area contributed by atoms with Gasteiger partial charge in [0.15, 0.2) is 0 Å². The van der Waals surface area contributed by atoms with Crippen LogP contribution in [0.4, 0.5) is 11.5 Å². The second-order valence-electron chi connectivity index (χ2n) is 6.26. The van der Waals surface area contributed by atoms with Crippen LogP contribution in [0.15, 0.2) is 55.1 Å². The number of nitrogens with one attached hydrogen (secondary N) is 1. The summed E-state index contributed by atoms with van der Waals surface area (Å²) in [4.78, 5) is 24.2. The second kappa shape index (κ2) is 7.16. The van der Waals surface area contributed by atoms with Crippen LogP contribution in [0.5, 0.6) is 0 Å². The fraction of sp³-hybridized carbons (Fsp3) is 0.158. The quantitative estimate of drug-likeness (QED) is 0.576. The van der Waals surface area contributed by atoms with Gasteiger partial charge in [-0.2, -0.15) is 5.10 Å². The Kier molecular flexibility index (Phi) is 4.55. The number of thiophene rings is 1. The average Bonchev–Trinajstić information content (AvgIpc) is 3.30. The molecule has 3 heterocycles. The number of nitrogens with zero attached hydrogens (tertiary/aromatic N) is 5. The molecule has 0 radical (unpaired) electrons. The summed E-state index contributed by atoms with van der Waals surface area (Å²) in [5.74, 6) is 0.705. The number of benzene rings is 1. The Labute approximate surface area is 160 Å². The molecule has 3 aromatic heterocycles. The van der Waals surface area contributed by atoms with E-state index in [1.165, 1.54) is 0 Å². The van der Waals surface area contributed by atoms with Gasteiger partial charge >= 0.3 is 0 Å². The van der Waals surface area contributed by atoms with Gasteiger partial charge in [-0.3, -0.25) is 9.48 Å². The van der Waals surface area contributed by atoms with Gasteiger partial charge in [-0.25, -0.2) is 9.97 Å². The van der Waals surface area contributed by atoms with E-state index >= 15 is 0 Å². The summed E-state index contributed by atoms with van der Waals surface area (Å²) in [7, 11) is 3.45. The summed E-state index contributed by atoms with van der Waals surface area (Å²) in [6.45, 7) is 0.199. The lowest BCUT2D eigenvalue weighted by Crippen LogP contribution is -2.26. The van der Waals surface area contributed by atoms with Gasteiger partial charge in [-0.05, 0) is 11.6 Å². The largest absolute Gasteiger partial charge is 0.347 e. The number of amides is 1. The maximum absolute atomic E-state index is 11.8. The molecule has 7 nitrogen and oxygen atoms in total. The van der Waals surface area contributed by atoms with E-state index in [9.17, 15) is 4.79 Å². The summed E-state index contributed by atoms with van der Waals surface area (Å²) in [6.07, 6.45) is 5.02. The number of carbonyl (C=O) groups excluding carboxylic acids is 1. The first-order chi connectivity index (χ1) is 13.1. The predicted octanol–water partition coefficient (Wildman–Crippen LogP) is 3.39. The third-order valence-electron chi connectivity index (χ3n) is 4.08. The highest BCUT2D eigenvalue weighted by molar-refractivity contribution is 7.21. The molecule has 1 amide bonds. The zero-order valence-corrected chi connectivity index (χ0v) is 15.8. The standard InChI is InChI=1S/C19H18N6OS/c1-24(2)17(26)11-25-10-14(9-22-25)23-18-15-8-16(13-6-4-3-5-7-13)27-19(15)21-12-20-18/h3-10,12H,11H2,1-2H3,(H,20,21,23). The number of fused-ring (bicyclic) bond motifs is 1. The van der Waals surface area contributed by atoms with Gasteiger partial charge in [-0.1, -0.05) is 30.3 Å². The molecular formula is C19H18N6OS. The summed E-state index contributed by atoms with van der Waals surface area (Å²) < 4.78 is 1.60. The van der Waals surface area contributed by atoms with Crippen LogP contribution in [0.2, 0.25) is 0 Å². The molecule has 0 spiro atoms. The van der Waals surface area contributed by atoms with Crippen molar-refractivity contribution in [3.8, 4) is 10.4 Å². The molecular weight excluding hydrogens is 360 g/mol. The van der Waals surface area contributed by atoms with E-state index in [1.54, 1.807) is 53.7 Å². The lowest BCUT2D eigenvalue weighted by Gasteiger charge is -2.09. The highest BCUT2D eigenvalue weighted by atomic mass is 32.1. The lowest BCUT2D eigenvalue weighted by atomic mass is 10.2. The monoisotopic (exact) mass is 378 g/mol. The molecule has 4 rings (SSSR count). The number of hydrogen-bond acceptors (Lipinski definition) is 6. The van der Waals surface area contributed by atoms with Crippen LogP contribution in [0, 0.1) is 0 Å². The first-order valence-electron chi connectivity index (χ1n) is 8.40. The van der Waals surface area contributed by atoms with Crippen molar-refractivity contribution in [2.75, 3.05) is 19.4 Å². The van der Waals surface area contributed by atoms with Crippen molar-refractivity contribution in [1.29, 1.82) is 0 Å². The molecule has 0 aliphatic rings. The molecule has 0 atom stereocenters. The van der Waals surface area contributed by atoms with Gasteiger partial charge in [0.05, 0.1) is 17.3 Å². The lowest BCUT2D eigenvalue weighted by molar-refractivity contribution is -0.129. The third-order valence-corrected chi connectivity index (χ3v) is 5.17. The minimum Gasteiger partial charge on any atom is -0.347 e. The van der Waals surface area contributed by atoms with E-state index in [4.69, 9.17) is 0 Å². The van der Waals surface area contributed by atoms with Crippen LogP contribution in [0.3, 0.4) is 0 Å². The molecule has 0 aliphatic heterocycles. The molecule has 0 aliphatic carbocycles. The van der Waals surface area contributed by atoms with Crippen LogP contribution in [-0.2, 0) is 11.3 Å². The normalized spacial score (nSPS) is 10.9. The first-order valence-corrected chi connectivity index (χ1v) is 9.21. The number of aromatic nitrogens is 4. The van der Waals surface area contributed by atoms with Gasteiger partial charge in [0, 0.05) is 25.2 Å². The Bertz CT molecular complexity index is 1090. The van der Waals surface area contributed by atoms with Crippen LogP contribution < -0.4 is 5.32 Å². The second-order valence-corrected chi connectivity index (χ2v) is 7.29. The summed E-state index contributed by atoms with van der Waals surface area (Å²) in [5, 5.41) is 8.47. The first kappa shape index (κ1) is 17.2. The predicted molar refractivity (Wildman–Crippen MR) is 107 cm³/mol. The van der Waals surface area contributed by atoms with E-state index in [0.717, 1.165) is 32.2 Å². The molecule has 1 aromatic carbocycles. The molecule has 136 valence electrons. The molecule has 4 aromatic rings. The van der Waals surface area contributed by atoms with Crippen molar-refractivity contribution in [3.05, 3.63) is 55.1 Å². The zero-order chi connectivity index (χ0) is 18.8. The van der Waals surface area contributed by atoms with Gasteiger partial charge in [0.1, 0.15) is 23.5 Å². The maximum atomic E-state index is 11.8. The molecule has 1 N–H and O–H groups in total. The minimum absolute atomic E-state index is 0.0144. The van der Waals surface area contributed by atoms with E-state index in [2.05, 4.69) is 38.6 Å². The van der Waals surface area contributed by atoms with E-state index in [0.29, 0.717) is 0 Å². The Morgan fingerprint density at radius 3 is 2.81 bits per heavy atom. The van der Waals surface area contributed by atoms with Crippen molar-refractivity contribution >= 4 is 39.0 Å². The van der Waals surface area contributed by atoms with Crippen LogP contribution in [0.1, 0.15) is 0 Å². The molecule has 0 saturated heterocycles. The molecule has 8 heteroatoms. The van der Waals surface area contributed by atoms with Crippen molar-refractivity contribution in [2.24, 2.45) is 0 Å². The molecule has 0 saturated carbocycles. The van der Waals surface area contributed by atoms with Crippen molar-refractivity contribution in [2.45, 2.75) is 6.54 Å². The highest BCUT2D eigenvalue weighted by Crippen LogP contribution is 2.35. The van der Waals surface area contributed by atoms with Gasteiger partial charge < -0.3 is 10.2 Å². The average molecular weight is 378 g/mol. The number of hydrogen-bond donors (Lipinski definition) is 1.